The fourth-order valence-electron chi connectivity index (χ4n) is 3.23. The molecule has 0 aliphatic carbocycles. The molecule has 1 unspecified atom stereocenters. The number of fused-ring (bicyclic) bond motifs is 1. The second-order valence-electron chi connectivity index (χ2n) is 7.64. The second kappa shape index (κ2) is 11.1. The van der Waals surface area contributed by atoms with E-state index in [-0.39, 0.29) is 36.0 Å². The molecule has 7 nitrogen and oxygen atoms in total. The normalized spacial score (nSPS) is 13.4. The maximum absolute atomic E-state index is 13.6. The lowest BCUT2D eigenvalue weighted by atomic mass is 10.0. The number of nitrogens with zero attached hydrogens (tertiary/aromatic N) is 2. The molecule has 0 radical (unpaired) electrons. The third-order valence-electron chi connectivity index (χ3n) is 4.98. The summed E-state index contributed by atoms with van der Waals surface area (Å²) < 4.78 is 13.6. The average molecular weight is 461 g/mol. The van der Waals surface area contributed by atoms with Crippen LogP contribution in [0.25, 0.3) is 6.08 Å². The molecule has 170 valence electrons. The number of hydrogen-bond acceptors (Lipinski definition) is 4. The first-order valence-corrected chi connectivity index (χ1v) is 10.6. The number of rotatable bonds is 8. The standard InChI is InChI=1S/C23H26ClFN4O3/c1-16(13-29(17(2)30)26-12-19-8-5-9-21(25)22(19)24)15-32-27-23(31)28-11-10-18-6-3-4-7-20(18)14-28/h3-11,16,26H,12-15H2,1-2H3,(H,27,31). The van der Waals surface area contributed by atoms with Crippen LogP contribution >= 0.6 is 11.6 Å². The summed E-state index contributed by atoms with van der Waals surface area (Å²) in [4.78, 5) is 31.2. The molecule has 9 heteroatoms. The molecule has 2 aromatic rings. The lowest BCUT2D eigenvalue weighted by molar-refractivity contribution is -0.133. The zero-order chi connectivity index (χ0) is 23.1. The van der Waals surface area contributed by atoms with Crippen molar-refractivity contribution >= 4 is 29.6 Å². The number of hydrazine groups is 1. The molecule has 1 aliphatic rings. The van der Waals surface area contributed by atoms with Crippen molar-refractivity contribution in [2.24, 2.45) is 5.92 Å². The third kappa shape index (κ3) is 6.29. The molecule has 0 fully saturated rings. The monoisotopic (exact) mass is 460 g/mol. The van der Waals surface area contributed by atoms with Crippen LogP contribution in [0.5, 0.6) is 0 Å². The molecule has 0 aromatic heterocycles. The Morgan fingerprint density at radius 2 is 2.03 bits per heavy atom. The molecular formula is C23H26ClFN4O3. The molecule has 3 amide bonds. The highest BCUT2D eigenvalue weighted by Crippen LogP contribution is 2.20. The number of halogens is 2. The molecule has 2 aromatic carbocycles. The van der Waals surface area contributed by atoms with Crippen LogP contribution in [0.1, 0.15) is 30.5 Å². The molecule has 2 N–H and O–H groups in total. The summed E-state index contributed by atoms with van der Waals surface area (Å²) in [6.45, 7) is 4.50. The molecule has 0 bridgehead atoms. The predicted molar refractivity (Wildman–Crippen MR) is 120 cm³/mol. The minimum atomic E-state index is -0.509. The number of benzene rings is 2. The summed E-state index contributed by atoms with van der Waals surface area (Å²) in [5.41, 5.74) is 8.10. The minimum absolute atomic E-state index is 0.0250. The van der Waals surface area contributed by atoms with E-state index in [9.17, 15) is 14.0 Å². The van der Waals surface area contributed by atoms with Crippen LogP contribution in [0, 0.1) is 11.7 Å². The van der Waals surface area contributed by atoms with E-state index in [1.165, 1.54) is 22.9 Å². The van der Waals surface area contributed by atoms with E-state index in [4.69, 9.17) is 16.4 Å². The lowest BCUT2D eigenvalue weighted by Gasteiger charge is -2.26. The van der Waals surface area contributed by atoms with Crippen LogP contribution in [0.2, 0.25) is 5.02 Å². The van der Waals surface area contributed by atoms with Gasteiger partial charge in [0.2, 0.25) is 5.91 Å². The lowest BCUT2D eigenvalue weighted by Crippen LogP contribution is -2.45. The van der Waals surface area contributed by atoms with Crippen LogP contribution in [0.15, 0.2) is 48.7 Å². The number of carbonyl (C=O) groups excluding carboxylic acids is 2. The van der Waals surface area contributed by atoms with Gasteiger partial charge in [-0.2, -0.15) is 0 Å². The number of hydroxylamine groups is 1. The predicted octanol–water partition coefficient (Wildman–Crippen LogP) is 4.10. The van der Waals surface area contributed by atoms with Gasteiger partial charge in [-0.3, -0.25) is 19.5 Å². The van der Waals surface area contributed by atoms with Gasteiger partial charge < -0.3 is 0 Å². The van der Waals surface area contributed by atoms with Crippen molar-refractivity contribution in [3.8, 4) is 0 Å². The summed E-state index contributed by atoms with van der Waals surface area (Å²) in [6, 6.07) is 12.0. The molecule has 0 saturated heterocycles. The fourth-order valence-corrected chi connectivity index (χ4v) is 3.42. The number of nitrogens with one attached hydrogen (secondary N) is 2. The van der Waals surface area contributed by atoms with Gasteiger partial charge in [-0.15, -0.1) is 0 Å². The largest absolute Gasteiger partial charge is 0.345 e. The Kier molecular flexibility index (Phi) is 8.21. The Morgan fingerprint density at radius 3 is 2.81 bits per heavy atom. The summed E-state index contributed by atoms with van der Waals surface area (Å²) in [7, 11) is 0. The first-order chi connectivity index (χ1) is 15.3. The van der Waals surface area contributed by atoms with Gasteiger partial charge in [0, 0.05) is 32.1 Å². The quantitative estimate of drug-likeness (QED) is 0.582. The first-order valence-electron chi connectivity index (χ1n) is 10.2. The highest BCUT2D eigenvalue weighted by molar-refractivity contribution is 6.31. The maximum Gasteiger partial charge on any atom is 0.345 e. The molecule has 1 heterocycles. The van der Waals surface area contributed by atoms with Crippen molar-refractivity contribution in [1.82, 2.24) is 20.8 Å². The topological polar surface area (TPSA) is 73.9 Å². The van der Waals surface area contributed by atoms with Crippen molar-refractivity contribution in [3.63, 3.8) is 0 Å². The Balaban J connectivity index is 1.43. The Labute approximate surface area is 191 Å². The summed E-state index contributed by atoms with van der Waals surface area (Å²) in [5.74, 6) is -0.803. The van der Waals surface area contributed by atoms with Gasteiger partial charge in [-0.05, 0) is 28.8 Å². The molecule has 32 heavy (non-hydrogen) atoms. The summed E-state index contributed by atoms with van der Waals surface area (Å²) in [6.07, 6.45) is 3.59. The third-order valence-corrected chi connectivity index (χ3v) is 5.41. The van der Waals surface area contributed by atoms with Gasteiger partial charge in [0.1, 0.15) is 5.82 Å². The Morgan fingerprint density at radius 1 is 1.25 bits per heavy atom. The van der Waals surface area contributed by atoms with Gasteiger partial charge in [0.15, 0.2) is 0 Å². The van der Waals surface area contributed by atoms with E-state index < -0.39 is 5.82 Å². The SMILES string of the molecule is CC(=O)N(CC(C)CONC(=O)N1C=Cc2ccccc2C1)NCc1cccc(F)c1Cl. The van der Waals surface area contributed by atoms with Crippen molar-refractivity contribution in [3.05, 3.63) is 76.2 Å². The van der Waals surface area contributed by atoms with E-state index in [0.717, 1.165) is 11.1 Å². The average Bonchev–Trinajstić information content (AvgIpc) is 2.78. The van der Waals surface area contributed by atoms with E-state index in [0.29, 0.717) is 18.7 Å². The van der Waals surface area contributed by atoms with Gasteiger partial charge >= 0.3 is 6.03 Å². The number of urea groups is 1. The maximum atomic E-state index is 13.6. The smallest absolute Gasteiger partial charge is 0.295 e. The molecular weight excluding hydrogens is 435 g/mol. The van der Waals surface area contributed by atoms with Crippen molar-refractivity contribution in [2.75, 3.05) is 13.2 Å². The second-order valence-corrected chi connectivity index (χ2v) is 8.02. The zero-order valence-corrected chi connectivity index (χ0v) is 18.7. The minimum Gasteiger partial charge on any atom is -0.295 e. The number of carbonyl (C=O) groups is 2. The van der Waals surface area contributed by atoms with Crippen LogP contribution < -0.4 is 10.9 Å². The number of hydrogen-bond donors (Lipinski definition) is 2. The van der Waals surface area contributed by atoms with E-state index in [1.54, 1.807) is 18.3 Å². The molecule has 3 rings (SSSR count). The van der Waals surface area contributed by atoms with Crippen molar-refractivity contribution in [2.45, 2.75) is 26.9 Å². The Hall–Kier alpha value is -2.94. The van der Waals surface area contributed by atoms with E-state index >= 15 is 0 Å². The van der Waals surface area contributed by atoms with Gasteiger partial charge in [-0.1, -0.05) is 54.9 Å². The highest BCUT2D eigenvalue weighted by Gasteiger charge is 2.18. The highest BCUT2D eigenvalue weighted by atomic mass is 35.5. The summed E-state index contributed by atoms with van der Waals surface area (Å²) in [5, 5.41) is 1.44. The molecule has 0 spiro atoms. The van der Waals surface area contributed by atoms with E-state index in [2.05, 4.69) is 10.9 Å². The first kappa shape index (κ1) is 23.7. The van der Waals surface area contributed by atoms with Crippen LogP contribution in [0.3, 0.4) is 0 Å². The van der Waals surface area contributed by atoms with Gasteiger partial charge in [-0.25, -0.2) is 20.1 Å². The molecule has 0 saturated carbocycles. The van der Waals surface area contributed by atoms with Crippen molar-refractivity contribution < 1.29 is 18.8 Å². The van der Waals surface area contributed by atoms with E-state index in [1.807, 2.05) is 37.3 Å². The Bertz CT molecular complexity index is 1000. The fraction of sp³-hybridized carbons (Fsp3) is 0.304. The number of amides is 3. The van der Waals surface area contributed by atoms with Gasteiger partial charge in [0.25, 0.3) is 0 Å². The van der Waals surface area contributed by atoms with Crippen LogP contribution in [0.4, 0.5) is 9.18 Å². The van der Waals surface area contributed by atoms with Crippen LogP contribution in [-0.4, -0.2) is 35.0 Å². The molecule has 1 atom stereocenters. The summed E-state index contributed by atoms with van der Waals surface area (Å²) >= 11 is 5.96. The zero-order valence-electron chi connectivity index (χ0n) is 18.0. The molecule has 1 aliphatic heterocycles. The van der Waals surface area contributed by atoms with Gasteiger partial charge in [0.05, 0.1) is 18.2 Å². The van der Waals surface area contributed by atoms with Crippen LogP contribution in [-0.2, 0) is 22.7 Å². The van der Waals surface area contributed by atoms with Crippen molar-refractivity contribution in [1.29, 1.82) is 0 Å².